The molecule has 1 aromatic carbocycles. The summed E-state index contributed by atoms with van der Waals surface area (Å²) in [6.07, 6.45) is 0.932. The van der Waals surface area contributed by atoms with Crippen LogP contribution in [0.5, 0.6) is 0 Å². The van der Waals surface area contributed by atoms with E-state index >= 15 is 0 Å². The molecule has 2 saturated heterocycles. The van der Waals surface area contributed by atoms with Crippen molar-refractivity contribution >= 4 is 37.1 Å². The van der Waals surface area contributed by atoms with Gasteiger partial charge in [0.15, 0.2) is 0 Å². The van der Waals surface area contributed by atoms with Gasteiger partial charge in [0.05, 0.1) is 24.2 Å². The topological polar surface area (TPSA) is 82.1 Å². The molecule has 2 heterocycles. The number of aryl methyl sites for hydroxylation is 1. The Kier molecular flexibility index (Phi) is 11.2. The summed E-state index contributed by atoms with van der Waals surface area (Å²) >= 11 is 0. The fraction of sp³-hybridized carbons (Fsp3) is 0.600. The molecule has 0 radical (unpaired) electrons. The summed E-state index contributed by atoms with van der Waals surface area (Å²) in [5.41, 5.74) is 1.02. The Labute approximate surface area is 157 Å². The van der Waals surface area contributed by atoms with Gasteiger partial charge in [0.2, 0.25) is 0 Å². The first-order valence-corrected chi connectivity index (χ1v) is 8.72. The van der Waals surface area contributed by atoms with Crippen LogP contribution in [0.1, 0.15) is 18.4 Å². The molecule has 6 nitrogen and oxygen atoms in total. The standard InChI is InChI=1S/C11H14O4S.C4H8O2.2H2S/c1-9-2-4-11(5-3-9)16(12,13)15-10-6-7-14-8-10;5-4-1-2-6-3-4;;/h2-5,10H,6-8H2,1H3;4-5H,1-3H2;2*1H2/t10-;4-;;/m00../s1. The highest BCUT2D eigenvalue weighted by Crippen LogP contribution is 2.18. The third kappa shape index (κ3) is 7.73. The van der Waals surface area contributed by atoms with Crippen molar-refractivity contribution in [3.05, 3.63) is 29.8 Å². The van der Waals surface area contributed by atoms with Gasteiger partial charge in [-0.05, 0) is 25.5 Å². The number of hydrogen-bond donors (Lipinski definition) is 1. The first-order chi connectivity index (χ1) is 10.5. The van der Waals surface area contributed by atoms with Gasteiger partial charge >= 0.3 is 0 Å². The molecular formula is C15H26O6S3. The van der Waals surface area contributed by atoms with Gasteiger partial charge in [-0.25, -0.2) is 0 Å². The van der Waals surface area contributed by atoms with Gasteiger partial charge in [-0.3, -0.25) is 4.18 Å². The normalized spacial score (nSPS) is 22.8. The zero-order valence-corrected chi connectivity index (χ0v) is 16.4. The number of ether oxygens (including phenoxy) is 2. The van der Waals surface area contributed by atoms with Gasteiger partial charge in [0.1, 0.15) is 6.10 Å². The first kappa shape index (κ1) is 23.7. The number of rotatable bonds is 3. The Bertz CT molecular complexity index is 549. The molecule has 0 spiro atoms. The molecule has 1 N–H and O–H groups in total. The van der Waals surface area contributed by atoms with E-state index in [1.807, 2.05) is 6.92 Å². The van der Waals surface area contributed by atoms with Crippen LogP contribution in [0.3, 0.4) is 0 Å². The van der Waals surface area contributed by atoms with Crippen molar-refractivity contribution in [3.8, 4) is 0 Å². The van der Waals surface area contributed by atoms with E-state index in [9.17, 15) is 8.42 Å². The third-order valence-corrected chi connectivity index (χ3v) is 4.74. The Balaban J connectivity index is 0.000000565. The number of aliphatic hydroxyl groups is 1. The summed E-state index contributed by atoms with van der Waals surface area (Å²) in [5.74, 6) is 0. The maximum Gasteiger partial charge on any atom is 0.297 e. The quantitative estimate of drug-likeness (QED) is 0.777. The third-order valence-electron chi connectivity index (χ3n) is 3.37. The van der Waals surface area contributed by atoms with E-state index < -0.39 is 10.1 Å². The van der Waals surface area contributed by atoms with Gasteiger partial charge < -0.3 is 14.6 Å². The number of hydrogen-bond acceptors (Lipinski definition) is 6. The van der Waals surface area contributed by atoms with Crippen molar-refractivity contribution in [1.82, 2.24) is 0 Å². The molecule has 0 bridgehead atoms. The predicted molar refractivity (Wildman–Crippen MR) is 101 cm³/mol. The smallest absolute Gasteiger partial charge is 0.297 e. The van der Waals surface area contributed by atoms with E-state index in [0.717, 1.165) is 18.6 Å². The Morgan fingerprint density at radius 2 is 1.62 bits per heavy atom. The second-order valence-corrected chi connectivity index (χ2v) is 6.94. The van der Waals surface area contributed by atoms with E-state index in [2.05, 4.69) is 0 Å². The molecule has 140 valence electrons. The van der Waals surface area contributed by atoms with Gasteiger partial charge in [-0.15, -0.1) is 0 Å². The zero-order valence-electron chi connectivity index (χ0n) is 13.6. The molecule has 0 unspecified atom stereocenters. The summed E-state index contributed by atoms with van der Waals surface area (Å²) < 4.78 is 38.6. The Hall–Kier alpha value is -0.290. The van der Waals surface area contributed by atoms with Crippen molar-refractivity contribution in [2.75, 3.05) is 26.4 Å². The number of aliphatic hydroxyl groups excluding tert-OH is 1. The second-order valence-electron chi connectivity index (χ2n) is 5.37. The van der Waals surface area contributed by atoms with Crippen LogP contribution in [-0.2, 0) is 23.8 Å². The lowest BCUT2D eigenvalue weighted by molar-refractivity contribution is 0.127. The maximum atomic E-state index is 11.8. The second kappa shape index (κ2) is 11.3. The average molecular weight is 399 g/mol. The van der Waals surface area contributed by atoms with E-state index in [-0.39, 0.29) is 44.1 Å². The Morgan fingerprint density at radius 3 is 2.04 bits per heavy atom. The molecule has 9 heteroatoms. The largest absolute Gasteiger partial charge is 0.391 e. The lowest BCUT2D eigenvalue weighted by Crippen LogP contribution is -2.18. The lowest BCUT2D eigenvalue weighted by atomic mass is 10.2. The minimum atomic E-state index is -3.64. The van der Waals surface area contributed by atoms with E-state index in [0.29, 0.717) is 26.2 Å². The highest BCUT2D eigenvalue weighted by molar-refractivity contribution is 7.86. The summed E-state index contributed by atoms with van der Waals surface area (Å²) in [6.45, 7) is 4.10. The van der Waals surface area contributed by atoms with Crippen LogP contribution in [0, 0.1) is 6.92 Å². The van der Waals surface area contributed by atoms with Crippen molar-refractivity contribution in [2.24, 2.45) is 0 Å². The minimum absolute atomic E-state index is 0. The van der Waals surface area contributed by atoms with Crippen LogP contribution >= 0.6 is 27.0 Å². The van der Waals surface area contributed by atoms with E-state index in [4.69, 9.17) is 18.8 Å². The monoisotopic (exact) mass is 398 g/mol. The molecular weight excluding hydrogens is 372 g/mol. The summed E-state index contributed by atoms with van der Waals surface area (Å²) in [7, 11) is -3.64. The number of benzene rings is 1. The molecule has 24 heavy (non-hydrogen) atoms. The molecule has 2 fully saturated rings. The zero-order chi connectivity index (χ0) is 16.0. The van der Waals surface area contributed by atoms with Crippen molar-refractivity contribution in [2.45, 2.75) is 36.9 Å². The van der Waals surface area contributed by atoms with Gasteiger partial charge in [-0.2, -0.15) is 35.4 Å². The minimum Gasteiger partial charge on any atom is -0.391 e. The van der Waals surface area contributed by atoms with Crippen LogP contribution in [0.4, 0.5) is 0 Å². The molecule has 1 aromatic rings. The molecule has 2 aliphatic heterocycles. The summed E-state index contributed by atoms with van der Waals surface area (Å²) in [5, 5.41) is 8.60. The fourth-order valence-electron chi connectivity index (χ4n) is 2.05. The average Bonchev–Trinajstić information content (AvgIpc) is 3.13. The van der Waals surface area contributed by atoms with Gasteiger partial charge in [0.25, 0.3) is 10.1 Å². The molecule has 0 amide bonds. The highest BCUT2D eigenvalue weighted by atomic mass is 32.2. The lowest BCUT2D eigenvalue weighted by Gasteiger charge is -2.10. The molecule has 0 saturated carbocycles. The highest BCUT2D eigenvalue weighted by Gasteiger charge is 2.24. The van der Waals surface area contributed by atoms with Crippen LogP contribution < -0.4 is 0 Å². The van der Waals surface area contributed by atoms with E-state index in [1.165, 1.54) is 0 Å². The first-order valence-electron chi connectivity index (χ1n) is 7.31. The van der Waals surface area contributed by atoms with Crippen LogP contribution in [0.2, 0.25) is 0 Å². The Morgan fingerprint density at radius 1 is 1.04 bits per heavy atom. The molecule has 2 aliphatic rings. The SMILES string of the molecule is Cc1ccc(S(=O)(=O)O[C@H]2CCOC2)cc1.O[C@H]1CCOC1.S.S. The van der Waals surface area contributed by atoms with Crippen LogP contribution in [-0.4, -0.2) is 52.2 Å². The van der Waals surface area contributed by atoms with Crippen molar-refractivity contribution < 1.29 is 27.2 Å². The molecule has 2 atom stereocenters. The van der Waals surface area contributed by atoms with Crippen LogP contribution in [0.25, 0.3) is 0 Å². The van der Waals surface area contributed by atoms with E-state index in [1.54, 1.807) is 24.3 Å². The predicted octanol–water partition coefficient (Wildman–Crippen LogP) is 1.48. The van der Waals surface area contributed by atoms with Gasteiger partial charge in [0, 0.05) is 19.6 Å². The fourth-order valence-corrected chi connectivity index (χ4v) is 3.14. The maximum absolute atomic E-state index is 11.8. The van der Waals surface area contributed by atoms with Gasteiger partial charge in [-0.1, -0.05) is 17.7 Å². The van der Waals surface area contributed by atoms with Crippen LogP contribution in [0.15, 0.2) is 29.2 Å². The molecule has 0 aliphatic carbocycles. The molecule has 3 rings (SSSR count). The molecule has 0 aromatic heterocycles. The summed E-state index contributed by atoms with van der Waals surface area (Å²) in [6, 6.07) is 6.61. The summed E-state index contributed by atoms with van der Waals surface area (Å²) in [4.78, 5) is 0.199. The van der Waals surface area contributed by atoms with Crippen molar-refractivity contribution in [3.63, 3.8) is 0 Å². The van der Waals surface area contributed by atoms with Crippen molar-refractivity contribution in [1.29, 1.82) is 0 Å².